The second-order valence-electron chi connectivity index (χ2n) is 6.45. The van der Waals surface area contributed by atoms with Gasteiger partial charge in [0.1, 0.15) is 18.1 Å². The Morgan fingerprint density at radius 3 is 2.32 bits per heavy atom. The zero-order chi connectivity index (χ0) is 19.5. The number of benzene rings is 3. The number of anilines is 1. The molecule has 4 aromatic rings. The van der Waals surface area contributed by atoms with Crippen molar-refractivity contribution in [3.63, 3.8) is 0 Å². The van der Waals surface area contributed by atoms with E-state index in [0.717, 1.165) is 16.9 Å². The molecule has 0 unspecified atom stereocenters. The Kier molecular flexibility index (Phi) is 4.72. The maximum Gasteiger partial charge on any atom is 0.256 e. The summed E-state index contributed by atoms with van der Waals surface area (Å²) in [4.78, 5) is 15.4. The van der Waals surface area contributed by atoms with Crippen LogP contribution in [0.15, 0.2) is 77.6 Å². The number of hydrogen-bond donors (Lipinski definition) is 2. The monoisotopic (exact) mass is 372 g/mol. The van der Waals surface area contributed by atoms with Crippen LogP contribution < -0.4 is 20.8 Å². The Labute approximate surface area is 162 Å². The Balaban J connectivity index is 1.63. The Morgan fingerprint density at radius 1 is 0.893 bits per heavy atom. The highest BCUT2D eigenvalue weighted by molar-refractivity contribution is 5.98. The molecule has 3 aromatic carbocycles. The van der Waals surface area contributed by atoms with E-state index in [1.807, 2.05) is 54.6 Å². The van der Waals surface area contributed by atoms with E-state index in [0.29, 0.717) is 34.5 Å². The van der Waals surface area contributed by atoms with Crippen molar-refractivity contribution >= 4 is 16.5 Å². The van der Waals surface area contributed by atoms with Crippen LogP contribution in [0.4, 0.5) is 5.69 Å². The van der Waals surface area contributed by atoms with E-state index in [1.54, 1.807) is 25.3 Å². The molecule has 0 bridgehead atoms. The molecular weight excluding hydrogens is 352 g/mol. The molecule has 0 aliphatic carbocycles. The summed E-state index contributed by atoms with van der Waals surface area (Å²) in [5.74, 6) is 1.36. The number of nitrogens with one attached hydrogen (secondary N) is 1. The van der Waals surface area contributed by atoms with Crippen molar-refractivity contribution in [3.8, 4) is 22.8 Å². The summed E-state index contributed by atoms with van der Waals surface area (Å²) < 4.78 is 11.0. The fourth-order valence-corrected chi connectivity index (χ4v) is 3.14. The fourth-order valence-electron chi connectivity index (χ4n) is 3.14. The third kappa shape index (κ3) is 3.42. The number of hydrogen-bond acceptors (Lipinski definition) is 4. The lowest BCUT2D eigenvalue weighted by Crippen LogP contribution is -2.10. The standard InChI is InChI=1S/C23H20N2O3/c1-27-18-11-12-19-20(13-18)23(26)25-22(21(19)24)16-7-9-17(10-8-16)28-14-15-5-3-2-4-6-15/h2-13H,14,24H2,1H3,(H,25,26). The summed E-state index contributed by atoms with van der Waals surface area (Å²) in [5.41, 5.74) is 9.17. The van der Waals surface area contributed by atoms with Gasteiger partial charge in [-0.1, -0.05) is 30.3 Å². The Hall–Kier alpha value is -3.73. The van der Waals surface area contributed by atoms with Gasteiger partial charge < -0.3 is 20.2 Å². The number of aromatic nitrogens is 1. The van der Waals surface area contributed by atoms with E-state index in [-0.39, 0.29) is 5.56 Å². The van der Waals surface area contributed by atoms with Crippen LogP contribution in [0.3, 0.4) is 0 Å². The first-order chi connectivity index (χ1) is 13.7. The van der Waals surface area contributed by atoms with Gasteiger partial charge in [0, 0.05) is 10.9 Å². The van der Waals surface area contributed by atoms with Crippen LogP contribution in [0.2, 0.25) is 0 Å². The SMILES string of the molecule is COc1ccc2c(N)c(-c3ccc(OCc4ccccc4)cc3)[nH]c(=O)c2c1. The van der Waals surface area contributed by atoms with Crippen LogP contribution in [0.5, 0.6) is 11.5 Å². The Morgan fingerprint density at radius 2 is 1.61 bits per heavy atom. The zero-order valence-electron chi connectivity index (χ0n) is 15.4. The summed E-state index contributed by atoms with van der Waals surface area (Å²) in [6, 6.07) is 22.8. The minimum atomic E-state index is -0.206. The molecule has 0 aliphatic rings. The quantitative estimate of drug-likeness (QED) is 0.545. The largest absolute Gasteiger partial charge is 0.497 e. The van der Waals surface area contributed by atoms with Gasteiger partial charge in [-0.3, -0.25) is 4.79 Å². The molecule has 28 heavy (non-hydrogen) atoms. The van der Waals surface area contributed by atoms with Crippen LogP contribution in [0.25, 0.3) is 22.0 Å². The number of methoxy groups -OCH3 is 1. The van der Waals surface area contributed by atoms with Crippen molar-refractivity contribution in [1.29, 1.82) is 0 Å². The number of rotatable bonds is 5. The van der Waals surface area contributed by atoms with E-state index in [4.69, 9.17) is 15.2 Å². The normalized spacial score (nSPS) is 10.8. The minimum Gasteiger partial charge on any atom is -0.497 e. The summed E-state index contributed by atoms with van der Waals surface area (Å²) in [6.45, 7) is 0.497. The molecule has 3 N–H and O–H groups in total. The first-order valence-electron chi connectivity index (χ1n) is 8.92. The van der Waals surface area contributed by atoms with Crippen LogP contribution in [0, 0.1) is 0 Å². The third-order valence-electron chi connectivity index (χ3n) is 4.66. The van der Waals surface area contributed by atoms with Gasteiger partial charge in [-0.2, -0.15) is 0 Å². The van der Waals surface area contributed by atoms with Gasteiger partial charge >= 0.3 is 0 Å². The highest BCUT2D eigenvalue weighted by Gasteiger charge is 2.11. The first kappa shape index (κ1) is 17.7. The molecule has 1 aromatic heterocycles. The van der Waals surface area contributed by atoms with Crippen molar-refractivity contribution in [2.75, 3.05) is 12.8 Å². The van der Waals surface area contributed by atoms with Crippen molar-refractivity contribution in [2.45, 2.75) is 6.61 Å². The molecule has 0 aliphatic heterocycles. The lowest BCUT2D eigenvalue weighted by molar-refractivity contribution is 0.306. The smallest absolute Gasteiger partial charge is 0.256 e. The first-order valence-corrected chi connectivity index (χ1v) is 8.92. The van der Waals surface area contributed by atoms with E-state index >= 15 is 0 Å². The van der Waals surface area contributed by atoms with Gasteiger partial charge in [-0.15, -0.1) is 0 Å². The number of fused-ring (bicyclic) bond motifs is 1. The van der Waals surface area contributed by atoms with Crippen molar-refractivity contribution in [1.82, 2.24) is 4.98 Å². The maximum absolute atomic E-state index is 12.5. The number of ether oxygens (including phenoxy) is 2. The number of H-pyrrole nitrogens is 1. The van der Waals surface area contributed by atoms with E-state index in [1.165, 1.54) is 0 Å². The highest BCUT2D eigenvalue weighted by atomic mass is 16.5. The predicted octanol–water partition coefficient (Wildman–Crippen LogP) is 4.36. The van der Waals surface area contributed by atoms with Crippen molar-refractivity contribution in [3.05, 3.63) is 88.7 Å². The average Bonchev–Trinajstić information content (AvgIpc) is 2.75. The number of nitrogens with two attached hydrogens (primary N) is 1. The summed E-state index contributed by atoms with van der Waals surface area (Å²) in [7, 11) is 1.56. The molecule has 5 nitrogen and oxygen atoms in total. The summed E-state index contributed by atoms with van der Waals surface area (Å²) in [5, 5.41) is 1.20. The van der Waals surface area contributed by atoms with E-state index in [9.17, 15) is 4.79 Å². The minimum absolute atomic E-state index is 0.206. The van der Waals surface area contributed by atoms with Crippen molar-refractivity contribution < 1.29 is 9.47 Å². The molecule has 0 atom stereocenters. The van der Waals surface area contributed by atoms with Gasteiger partial charge in [0.05, 0.1) is 23.9 Å². The summed E-state index contributed by atoms with van der Waals surface area (Å²) >= 11 is 0. The molecule has 0 saturated carbocycles. The van der Waals surface area contributed by atoms with Crippen LogP contribution in [-0.2, 0) is 6.61 Å². The van der Waals surface area contributed by atoms with Crippen LogP contribution >= 0.6 is 0 Å². The van der Waals surface area contributed by atoms with Gasteiger partial charge in [0.25, 0.3) is 5.56 Å². The van der Waals surface area contributed by atoms with Gasteiger partial charge in [0.2, 0.25) is 0 Å². The van der Waals surface area contributed by atoms with Crippen molar-refractivity contribution in [2.24, 2.45) is 0 Å². The predicted molar refractivity (Wildman–Crippen MR) is 112 cm³/mol. The molecule has 0 saturated heterocycles. The molecule has 0 amide bonds. The lowest BCUT2D eigenvalue weighted by Gasteiger charge is -2.11. The van der Waals surface area contributed by atoms with Crippen LogP contribution in [0.1, 0.15) is 5.56 Å². The molecule has 4 rings (SSSR count). The topological polar surface area (TPSA) is 77.3 Å². The molecule has 1 heterocycles. The second-order valence-corrected chi connectivity index (χ2v) is 6.45. The van der Waals surface area contributed by atoms with E-state index in [2.05, 4.69) is 4.98 Å². The number of aromatic amines is 1. The molecule has 140 valence electrons. The maximum atomic E-state index is 12.5. The van der Waals surface area contributed by atoms with E-state index < -0.39 is 0 Å². The molecule has 5 heteroatoms. The zero-order valence-corrected chi connectivity index (χ0v) is 15.4. The second kappa shape index (κ2) is 7.48. The fraction of sp³-hybridized carbons (Fsp3) is 0.0870. The lowest BCUT2D eigenvalue weighted by atomic mass is 10.0. The summed E-state index contributed by atoms with van der Waals surface area (Å²) in [6.07, 6.45) is 0. The molecule has 0 fully saturated rings. The molecule has 0 radical (unpaired) electrons. The molecular formula is C23H20N2O3. The number of nitrogen functional groups attached to an aromatic ring is 1. The third-order valence-corrected chi connectivity index (χ3v) is 4.66. The van der Waals surface area contributed by atoms with Gasteiger partial charge in [-0.25, -0.2) is 0 Å². The van der Waals surface area contributed by atoms with Crippen LogP contribution in [-0.4, -0.2) is 12.1 Å². The van der Waals surface area contributed by atoms with Gasteiger partial charge in [0.15, 0.2) is 0 Å². The highest BCUT2D eigenvalue weighted by Crippen LogP contribution is 2.31. The molecule has 0 spiro atoms. The Bertz CT molecular complexity index is 1170. The number of pyridine rings is 1. The van der Waals surface area contributed by atoms with Gasteiger partial charge in [-0.05, 0) is 48.0 Å². The average molecular weight is 372 g/mol.